The first-order valence-electron chi connectivity index (χ1n) is 5.98. The largest absolute Gasteiger partial charge is 0.426 e. The predicted molar refractivity (Wildman–Crippen MR) is 65.9 cm³/mol. The Bertz CT molecular complexity index is 476. The first kappa shape index (κ1) is 15.5. The fourth-order valence-corrected chi connectivity index (χ4v) is 1.27. The number of carbonyl (C=O) groups excluding carboxylic acids is 1. The van der Waals surface area contributed by atoms with Crippen molar-refractivity contribution in [3.63, 3.8) is 0 Å². The number of alkyl halides is 3. The molecule has 0 aromatic heterocycles. The Morgan fingerprint density at radius 2 is 1.84 bits per heavy atom. The number of halogens is 3. The lowest BCUT2D eigenvalue weighted by molar-refractivity contribution is -0.145. The topological polar surface area (TPSA) is 26.3 Å². The van der Waals surface area contributed by atoms with E-state index in [9.17, 15) is 18.0 Å². The van der Waals surface area contributed by atoms with Crippen molar-refractivity contribution >= 4 is 5.97 Å². The highest BCUT2D eigenvalue weighted by Crippen LogP contribution is 2.34. The highest BCUT2D eigenvalue weighted by atomic mass is 19.4. The Balaban J connectivity index is 3.05. The fourth-order valence-electron chi connectivity index (χ4n) is 1.27. The lowest BCUT2D eigenvalue weighted by Gasteiger charge is -2.21. The molecule has 0 atom stereocenters. The zero-order chi connectivity index (χ0) is 14.8. The highest BCUT2D eigenvalue weighted by Gasteiger charge is 2.32. The van der Waals surface area contributed by atoms with E-state index in [0.717, 1.165) is 12.1 Å². The summed E-state index contributed by atoms with van der Waals surface area (Å²) in [4.78, 5) is 11.9. The SMILES string of the molecule is CCC(C)(C)C(=O)Oc1cc(C(F)(F)F)ccc1C. The van der Waals surface area contributed by atoms with Gasteiger partial charge in [-0.1, -0.05) is 13.0 Å². The van der Waals surface area contributed by atoms with Crippen molar-refractivity contribution in [3.05, 3.63) is 29.3 Å². The van der Waals surface area contributed by atoms with Crippen molar-refractivity contribution in [1.29, 1.82) is 0 Å². The number of benzene rings is 1. The van der Waals surface area contributed by atoms with E-state index < -0.39 is 23.1 Å². The molecule has 0 unspecified atom stereocenters. The van der Waals surface area contributed by atoms with Crippen LogP contribution in [0, 0.1) is 12.3 Å². The van der Waals surface area contributed by atoms with Crippen LogP contribution in [-0.2, 0) is 11.0 Å². The van der Waals surface area contributed by atoms with Crippen molar-refractivity contribution < 1.29 is 22.7 Å². The molecule has 0 heterocycles. The minimum absolute atomic E-state index is 0.0404. The van der Waals surface area contributed by atoms with E-state index in [0.29, 0.717) is 12.0 Å². The molecule has 0 N–H and O–H groups in total. The maximum absolute atomic E-state index is 12.6. The van der Waals surface area contributed by atoms with Gasteiger partial charge in [0.2, 0.25) is 0 Å². The quantitative estimate of drug-likeness (QED) is 0.605. The number of carbonyl (C=O) groups is 1. The second-order valence-electron chi connectivity index (χ2n) is 5.10. The van der Waals surface area contributed by atoms with E-state index in [2.05, 4.69) is 0 Å². The molecule has 19 heavy (non-hydrogen) atoms. The summed E-state index contributed by atoms with van der Waals surface area (Å²) >= 11 is 0. The van der Waals surface area contributed by atoms with Crippen LogP contribution >= 0.6 is 0 Å². The molecule has 0 saturated carbocycles. The predicted octanol–water partition coefficient (Wildman–Crippen LogP) is 4.36. The summed E-state index contributed by atoms with van der Waals surface area (Å²) in [5, 5.41) is 0. The first-order valence-corrected chi connectivity index (χ1v) is 5.98. The van der Waals surface area contributed by atoms with Gasteiger partial charge in [-0.2, -0.15) is 13.2 Å². The molecular formula is C14H17F3O2. The lowest BCUT2D eigenvalue weighted by atomic mass is 9.90. The Labute approximate surface area is 110 Å². The summed E-state index contributed by atoms with van der Waals surface area (Å²) in [7, 11) is 0. The maximum atomic E-state index is 12.6. The number of hydrogen-bond donors (Lipinski definition) is 0. The van der Waals surface area contributed by atoms with Crippen molar-refractivity contribution in [2.75, 3.05) is 0 Å². The van der Waals surface area contributed by atoms with Crippen LogP contribution < -0.4 is 4.74 Å². The molecule has 1 aromatic rings. The third kappa shape index (κ3) is 3.72. The monoisotopic (exact) mass is 274 g/mol. The fraction of sp³-hybridized carbons (Fsp3) is 0.500. The molecule has 5 heteroatoms. The smallest absolute Gasteiger partial charge is 0.416 e. The minimum Gasteiger partial charge on any atom is -0.426 e. The summed E-state index contributed by atoms with van der Waals surface area (Å²) in [5.74, 6) is -0.571. The molecule has 0 saturated heterocycles. The lowest BCUT2D eigenvalue weighted by Crippen LogP contribution is -2.28. The maximum Gasteiger partial charge on any atom is 0.416 e. The molecule has 106 valence electrons. The minimum atomic E-state index is -4.45. The van der Waals surface area contributed by atoms with Gasteiger partial charge in [0.15, 0.2) is 0 Å². The average Bonchev–Trinajstić information content (AvgIpc) is 2.30. The Hall–Kier alpha value is -1.52. The van der Waals surface area contributed by atoms with Gasteiger partial charge in [0, 0.05) is 0 Å². The first-order chi connectivity index (χ1) is 8.58. The molecular weight excluding hydrogens is 257 g/mol. The molecule has 0 bridgehead atoms. The molecule has 1 rings (SSSR count). The van der Waals surface area contributed by atoms with Crippen LogP contribution in [0.15, 0.2) is 18.2 Å². The number of ether oxygens (including phenoxy) is 1. The van der Waals surface area contributed by atoms with E-state index in [1.165, 1.54) is 6.07 Å². The second kappa shape index (κ2) is 5.23. The molecule has 0 spiro atoms. The Morgan fingerprint density at radius 3 is 2.32 bits per heavy atom. The molecule has 1 aromatic carbocycles. The van der Waals surface area contributed by atoms with Crippen LogP contribution in [0.4, 0.5) is 13.2 Å². The molecule has 0 aliphatic carbocycles. The van der Waals surface area contributed by atoms with Gasteiger partial charge < -0.3 is 4.74 Å². The standard InChI is InChI=1S/C14H17F3O2/c1-5-13(3,4)12(18)19-11-8-10(14(15,16)17)7-6-9(11)2/h6-8H,5H2,1-4H3. The molecule has 2 nitrogen and oxygen atoms in total. The summed E-state index contributed by atoms with van der Waals surface area (Å²) in [6.07, 6.45) is -3.90. The van der Waals surface area contributed by atoms with Gasteiger partial charge in [-0.05, 0) is 44.9 Å². The van der Waals surface area contributed by atoms with Gasteiger partial charge in [-0.25, -0.2) is 0 Å². The van der Waals surface area contributed by atoms with Crippen molar-refractivity contribution in [2.24, 2.45) is 5.41 Å². The number of esters is 1. The third-order valence-corrected chi connectivity index (χ3v) is 3.15. The van der Waals surface area contributed by atoms with Gasteiger partial charge in [-0.15, -0.1) is 0 Å². The number of rotatable bonds is 3. The molecule has 0 radical (unpaired) electrons. The summed E-state index contributed by atoms with van der Waals surface area (Å²) in [6.45, 7) is 6.80. The van der Waals surface area contributed by atoms with Gasteiger partial charge >= 0.3 is 12.1 Å². The van der Waals surface area contributed by atoms with E-state index in [1.807, 2.05) is 6.92 Å². The Kier molecular flexibility index (Phi) is 4.28. The highest BCUT2D eigenvalue weighted by molar-refractivity contribution is 5.78. The van der Waals surface area contributed by atoms with Crippen LogP contribution in [0.2, 0.25) is 0 Å². The Morgan fingerprint density at radius 1 is 1.26 bits per heavy atom. The van der Waals surface area contributed by atoms with Crippen LogP contribution in [-0.4, -0.2) is 5.97 Å². The van der Waals surface area contributed by atoms with Gasteiger partial charge in [-0.3, -0.25) is 4.79 Å². The van der Waals surface area contributed by atoms with E-state index in [-0.39, 0.29) is 5.75 Å². The van der Waals surface area contributed by atoms with Crippen LogP contribution in [0.3, 0.4) is 0 Å². The van der Waals surface area contributed by atoms with Crippen LogP contribution in [0.25, 0.3) is 0 Å². The van der Waals surface area contributed by atoms with Gasteiger partial charge in [0.05, 0.1) is 11.0 Å². The third-order valence-electron chi connectivity index (χ3n) is 3.15. The zero-order valence-corrected chi connectivity index (χ0v) is 11.4. The summed E-state index contributed by atoms with van der Waals surface area (Å²) in [5.41, 5.74) is -1.05. The van der Waals surface area contributed by atoms with E-state index in [4.69, 9.17) is 4.74 Å². The van der Waals surface area contributed by atoms with Crippen molar-refractivity contribution in [1.82, 2.24) is 0 Å². The van der Waals surface area contributed by atoms with E-state index >= 15 is 0 Å². The van der Waals surface area contributed by atoms with Gasteiger partial charge in [0.1, 0.15) is 5.75 Å². The van der Waals surface area contributed by atoms with Crippen molar-refractivity contribution in [2.45, 2.75) is 40.3 Å². The van der Waals surface area contributed by atoms with Crippen LogP contribution in [0.1, 0.15) is 38.3 Å². The summed E-state index contributed by atoms with van der Waals surface area (Å²) in [6, 6.07) is 3.13. The molecule has 0 aliphatic rings. The summed E-state index contributed by atoms with van der Waals surface area (Å²) < 4.78 is 42.9. The molecule has 0 aliphatic heterocycles. The molecule has 0 fully saturated rings. The zero-order valence-electron chi connectivity index (χ0n) is 11.4. The number of hydrogen-bond acceptors (Lipinski definition) is 2. The van der Waals surface area contributed by atoms with Gasteiger partial charge in [0.25, 0.3) is 0 Å². The van der Waals surface area contributed by atoms with Crippen LogP contribution in [0.5, 0.6) is 5.75 Å². The van der Waals surface area contributed by atoms with E-state index in [1.54, 1.807) is 20.8 Å². The number of aryl methyl sites for hydroxylation is 1. The second-order valence-corrected chi connectivity index (χ2v) is 5.10. The molecule has 0 amide bonds. The van der Waals surface area contributed by atoms with Crippen molar-refractivity contribution in [3.8, 4) is 5.75 Å². The normalized spacial score (nSPS) is 12.4. The average molecular weight is 274 g/mol.